The molecule has 0 unspecified atom stereocenters. The van der Waals surface area contributed by atoms with Gasteiger partial charge in [0.25, 0.3) is 0 Å². The lowest BCUT2D eigenvalue weighted by molar-refractivity contribution is -0.128. The van der Waals surface area contributed by atoms with Crippen molar-refractivity contribution in [2.45, 2.75) is 6.42 Å². The molecular weight excluding hydrogens is 354 g/mol. The molecule has 1 heterocycles. The van der Waals surface area contributed by atoms with Crippen LogP contribution in [-0.4, -0.2) is 57.7 Å². The van der Waals surface area contributed by atoms with Crippen LogP contribution < -0.4 is 9.04 Å². The number of para-hydroxylation sites is 2. The Labute approximate surface area is 154 Å². The number of amides is 1. The van der Waals surface area contributed by atoms with Crippen molar-refractivity contribution in [2.75, 3.05) is 37.8 Å². The van der Waals surface area contributed by atoms with Crippen molar-refractivity contribution in [3.63, 3.8) is 0 Å². The van der Waals surface area contributed by atoms with E-state index in [0.29, 0.717) is 24.4 Å². The molecule has 0 aliphatic heterocycles. The minimum absolute atomic E-state index is 0.286. The number of nitrogens with zero attached hydrogens (tertiary/aromatic N) is 3. The van der Waals surface area contributed by atoms with Crippen LogP contribution in [0.4, 0.5) is 5.69 Å². The van der Waals surface area contributed by atoms with Gasteiger partial charge in [0.1, 0.15) is 12.3 Å². The van der Waals surface area contributed by atoms with Crippen LogP contribution in [0.2, 0.25) is 0 Å². The van der Waals surface area contributed by atoms with Crippen LogP contribution in [0.5, 0.6) is 5.75 Å². The summed E-state index contributed by atoms with van der Waals surface area (Å²) in [5, 5.41) is 0. The zero-order valence-electron chi connectivity index (χ0n) is 15.1. The van der Waals surface area contributed by atoms with Gasteiger partial charge in [-0.1, -0.05) is 12.1 Å². The van der Waals surface area contributed by atoms with E-state index in [0.717, 1.165) is 16.1 Å². The largest absolute Gasteiger partial charge is 0.495 e. The van der Waals surface area contributed by atoms with Crippen molar-refractivity contribution in [1.82, 2.24) is 9.88 Å². The summed E-state index contributed by atoms with van der Waals surface area (Å²) in [6, 6.07) is 10.5. The number of carbonyl (C=O) groups is 1. The Bertz CT molecular complexity index is 841. The minimum Gasteiger partial charge on any atom is -0.495 e. The zero-order valence-corrected chi connectivity index (χ0v) is 15.9. The molecule has 26 heavy (non-hydrogen) atoms. The summed E-state index contributed by atoms with van der Waals surface area (Å²) in [7, 11) is -0.529. The average Bonchev–Trinajstić information content (AvgIpc) is 2.63. The number of pyridine rings is 1. The maximum Gasteiger partial charge on any atom is 0.243 e. The third-order valence-electron chi connectivity index (χ3n) is 3.94. The third-order valence-corrected chi connectivity index (χ3v) is 5.07. The Hall–Kier alpha value is -2.61. The molecule has 0 aliphatic carbocycles. The van der Waals surface area contributed by atoms with Gasteiger partial charge in [-0.3, -0.25) is 14.1 Å². The van der Waals surface area contributed by atoms with E-state index in [-0.39, 0.29) is 12.5 Å². The van der Waals surface area contributed by atoms with Gasteiger partial charge in [0.15, 0.2) is 0 Å². The molecule has 0 radical (unpaired) electrons. The first-order chi connectivity index (χ1) is 12.3. The van der Waals surface area contributed by atoms with Crippen LogP contribution in [0.1, 0.15) is 5.56 Å². The number of sulfonamides is 1. The monoisotopic (exact) mass is 377 g/mol. The standard InChI is InChI=1S/C18H23N3O4S/c1-20(13-10-15-8-11-19-12-9-15)18(22)14-21(26(3,23)24)16-6-4-5-7-17(16)25-2/h4-9,11-12H,10,13-14H2,1-3H3. The molecule has 0 N–H and O–H groups in total. The molecule has 2 rings (SSSR count). The molecule has 8 heteroatoms. The smallest absolute Gasteiger partial charge is 0.243 e. The third kappa shape index (κ3) is 5.19. The van der Waals surface area contributed by atoms with Crippen LogP contribution in [0.15, 0.2) is 48.8 Å². The molecule has 2 aromatic rings. The highest BCUT2D eigenvalue weighted by Crippen LogP contribution is 2.29. The van der Waals surface area contributed by atoms with Gasteiger partial charge in [0.05, 0.1) is 19.1 Å². The van der Waals surface area contributed by atoms with Crippen molar-refractivity contribution in [2.24, 2.45) is 0 Å². The lowest BCUT2D eigenvalue weighted by Crippen LogP contribution is -2.42. The van der Waals surface area contributed by atoms with Crippen molar-refractivity contribution in [3.05, 3.63) is 54.4 Å². The predicted octanol–water partition coefficient (Wildman–Crippen LogP) is 1.56. The number of rotatable bonds is 8. The van der Waals surface area contributed by atoms with E-state index in [1.54, 1.807) is 43.7 Å². The lowest BCUT2D eigenvalue weighted by Gasteiger charge is -2.26. The number of hydrogen-bond donors (Lipinski definition) is 0. The van der Waals surface area contributed by atoms with Gasteiger partial charge in [0.2, 0.25) is 15.9 Å². The van der Waals surface area contributed by atoms with Crippen LogP contribution in [0.25, 0.3) is 0 Å². The first-order valence-corrected chi connectivity index (χ1v) is 9.91. The summed E-state index contributed by atoms with van der Waals surface area (Å²) >= 11 is 0. The molecule has 0 saturated heterocycles. The van der Waals surface area contributed by atoms with Crippen molar-refractivity contribution in [3.8, 4) is 5.75 Å². The van der Waals surface area contributed by atoms with Crippen molar-refractivity contribution >= 4 is 21.6 Å². The molecule has 7 nitrogen and oxygen atoms in total. The summed E-state index contributed by atoms with van der Waals surface area (Å²) in [5.41, 5.74) is 1.40. The van der Waals surface area contributed by atoms with E-state index < -0.39 is 10.0 Å². The van der Waals surface area contributed by atoms with Crippen LogP contribution in [0.3, 0.4) is 0 Å². The molecule has 0 bridgehead atoms. The number of aromatic nitrogens is 1. The Balaban J connectivity index is 2.11. The fourth-order valence-corrected chi connectivity index (χ4v) is 3.28. The van der Waals surface area contributed by atoms with E-state index in [1.807, 2.05) is 12.1 Å². The molecule has 0 fully saturated rings. The number of ether oxygens (including phenoxy) is 1. The number of likely N-dealkylation sites (N-methyl/N-ethyl adjacent to an activating group) is 1. The molecule has 0 saturated carbocycles. The first kappa shape index (κ1) is 19.7. The number of benzene rings is 1. The number of hydrogen-bond acceptors (Lipinski definition) is 5. The SMILES string of the molecule is COc1ccccc1N(CC(=O)N(C)CCc1ccncc1)S(C)(=O)=O. The van der Waals surface area contributed by atoms with Crippen LogP contribution >= 0.6 is 0 Å². The second-order valence-electron chi connectivity index (χ2n) is 5.86. The predicted molar refractivity (Wildman–Crippen MR) is 101 cm³/mol. The van der Waals surface area contributed by atoms with E-state index in [9.17, 15) is 13.2 Å². The first-order valence-electron chi connectivity index (χ1n) is 8.06. The number of carbonyl (C=O) groups excluding carboxylic acids is 1. The highest BCUT2D eigenvalue weighted by molar-refractivity contribution is 7.92. The van der Waals surface area contributed by atoms with E-state index in [1.165, 1.54) is 12.0 Å². The van der Waals surface area contributed by atoms with Crippen molar-refractivity contribution in [1.29, 1.82) is 0 Å². The summed E-state index contributed by atoms with van der Waals surface area (Å²) in [6.45, 7) is 0.193. The highest BCUT2D eigenvalue weighted by Gasteiger charge is 2.25. The van der Waals surface area contributed by atoms with Gasteiger partial charge in [-0.15, -0.1) is 0 Å². The van der Waals surface area contributed by atoms with Crippen molar-refractivity contribution < 1.29 is 17.9 Å². The fraction of sp³-hybridized carbons (Fsp3) is 0.333. The Morgan fingerprint density at radius 2 is 1.81 bits per heavy atom. The van der Waals surface area contributed by atoms with Gasteiger partial charge in [-0.25, -0.2) is 8.42 Å². The number of anilines is 1. The quantitative estimate of drug-likeness (QED) is 0.697. The summed E-state index contributed by atoms with van der Waals surface area (Å²) in [4.78, 5) is 18.0. The van der Waals surface area contributed by atoms with Gasteiger partial charge in [-0.2, -0.15) is 0 Å². The second kappa shape index (κ2) is 8.66. The second-order valence-corrected chi connectivity index (χ2v) is 7.77. The maximum atomic E-state index is 12.6. The Morgan fingerprint density at radius 1 is 1.15 bits per heavy atom. The van der Waals surface area contributed by atoms with Gasteiger partial charge in [-0.05, 0) is 36.2 Å². The van der Waals surface area contributed by atoms with E-state index in [4.69, 9.17) is 4.74 Å². The summed E-state index contributed by atoms with van der Waals surface area (Å²) in [6.07, 6.45) is 5.14. The van der Waals surface area contributed by atoms with E-state index in [2.05, 4.69) is 4.98 Å². The molecule has 1 aromatic heterocycles. The topological polar surface area (TPSA) is 79.8 Å². The van der Waals surface area contributed by atoms with Crippen LogP contribution in [-0.2, 0) is 21.2 Å². The average molecular weight is 377 g/mol. The fourth-order valence-electron chi connectivity index (χ4n) is 2.43. The van der Waals surface area contributed by atoms with Gasteiger partial charge >= 0.3 is 0 Å². The molecule has 1 amide bonds. The lowest BCUT2D eigenvalue weighted by atomic mass is 10.2. The molecular formula is C18H23N3O4S. The minimum atomic E-state index is -3.65. The molecule has 140 valence electrons. The molecule has 0 atom stereocenters. The molecule has 0 aliphatic rings. The zero-order chi connectivity index (χ0) is 19.2. The number of methoxy groups -OCH3 is 1. The Morgan fingerprint density at radius 3 is 2.42 bits per heavy atom. The Kier molecular flexibility index (Phi) is 6.57. The summed E-state index contributed by atoms with van der Waals surface area (Å²) in [5.74, 6) is 0.0977. The maximum absolute atomic E-state index is 12.6. The molecule has 0 spiro atoms. The van der Waals surface area contributed by atoms with E-state index >= 15 is 0 Å². The summed E-state index contributed by atoms with van der Waals surface area (Å²) < 4.78 is 30.8. The highest BCUT2D eigenvalue weighted by atomic mass is 32.2. The molecule has 1 aromatic carbocycles. The van der Waals surface area contributed by atoms with Crippen LogP contribution in [0, 0.1) is 0 Å². The normalized spacial score (nSPS) is 11.0. The van der Waals surface area contributed by atoms with Gasteiger partial charge < -0.3 is 9.64 Å². The van der Waals surface area contributed by atoms with Gasteiger partial charge in [0, 0.05) is 26.0 Å².